The molecular formula is C13H9Cl2NO3. The number of nitrogens with zero attached hydrogens (tertiary/aromatic N) is 1. The summed E-state index contributed by atoms with van der Waals surface area (Å²) >= 11 is 12.0. The fraction of sp³-hybridized carbons (Fsp3) is 0.0769. The second-order valence-electron chi connectivity index (χ2n) is 3.93. The number of hydrogen-bond donors (Lipinski definition) is 1. The van der Waals surface area contributed by atoms with Crippen molar-refractivity contribution >= 4 is 29.2 Å². The third kappa shape index (κ3) is 2.50. The third-order valence-corrected chi connectivity index (χ3v) is 3.30. The molecule has 1 heterocycles. The van der Waals surface area contributed by atoms with Crippen LogP contribution in [0.4, 0.5) is 0 Å². The zero-order valence-corrected chi connectivity index (χ0v) is 11.4. The molecule has 0 aliphatic rings. The molecule has 0 amide bonds. The summed E-state index contributed by atoms with van der Waals surface area (Å²) in [4.78, 5) is 22.8. The van der Waals surface area contributed by atoms with E-state index in [0.29, 0.717) is 21.3 Å². The lowest BCUT2D eigenvalue weighted by Gasteiger charge is -2.11. The highest BCUT2D eigenvalue weighted by atomic mass is 35.5. The van der Waals surface area contributed by atoms with E-state index in [9.17, 15) is 9.59 Å². The Bertz CT molecular complexity index is 722. The fourth-order valence-electron chi connectivity index (χ4n) is 1.76. The molecule has 1 N–H and O–H groups in total. The molecule has 19 heavy (non-hydrogen) atoms. The van der Waals surface area contributed by atoms with Gasteiger partial charge in [0.25, 0.3) is 5.56 Å². The number of hydrogen-bond acceptors (Lipinski definition) is 2. The number of carboxylic acid groups (broad SMARTS) is 1. The first-order valence-electron chi connectivity index (χ1n) is 5.30. The Morgan fingerprint density at radius 2 is 1.89 bits per heavy atom. The molecule has 0 fully saturated rings. The first-order chi connectivity index (χ1) is 8.91. The van der Waals surface area contributed by atoms with Crippen LogP contribution in [0.2, 0.25) is 10.0 Å². The predicted octanol–water partition coefficient (Wildman–Crippen LogP) is 3.06. The summed E-state index contributed by atoms with van der Waals surface area (Å²) in [6, 6.07) is 7.67. The zero-order valence-electron chi connectivity index (χ0n) is 9.85. The van der Waals surface area contributed by atoms with Gasteiger partial charge in [0.05, 0.1) is 5.69 Å². The average molecular weight is 298 g/mol. The van der Waals surface area contributed by atoms with Crippen LogP contribution in [-0.4, -0.2) is 15.6 Å². The van der Waals surface area contributed by atoms with Crippen LogP contribution in [0.15, 0.2) is 35.1 Å². The molecule has 2 rings (SSSR count). The Kier molecular flexibility index (Phi) is 3.64. The summed E-state index contributed by atoms with van der Waals surface area (Å²) in [6.45, 7) is 0. The van der Waals surface area contributed by atoms with Gasteiger partial charge in [-0.2, -0.15) is 0 Å². The number of carbonyl (C=O) groups is 1. The van der Waals surface area contributed by atoms with Crippen molar-refractivity contribution in [2.24, 2.45) is 7.05 Å². The van der Waals surface area contributed by atoms with Crippen LogP contribution < -0.4 is 5.56 Å². The fourth-order valence-corrected chi connectivity index (χ4v) is 2.15. The van der Waals surface area contributed by atoms with E-state index in [1.807, 2.05) is 0 Å². The second-order valence-corrected chi connectivity index (χ2v) is 4.77. The number of pyridine rings is 1. The molecule has 2 aromatic rings. The van der Waals surface area contributed by atoms with Crippen molar-refractivity contribution in [1.82, 2.24) is 4.57 Å². The summed E-state index contributed by atoms with van der Waals surface area (Å²) in [5, 5.41) is 9.80. The van der Waals surface area contributed by atoms with Gasteiger partial charge in [-0.1, -0.05) is 23.2 Å². The van der Waals surface area contributed by atoms with Crippen LogP contribution in [-0.2, 0) is 7.05 Å². The van der Waals surface area contributed by atoms with Crippen LogP contribution in [0.25, 0.3) is 11.3 Å². The van der Waals surface area contributed by atoms with Gasteiger partial charge in [-0.15, -0.1) is 0 Å². The molecule has 1 aromatic heterocycles. The lowest BCUT2D eigenvalue weighted by atomic mass is 10.1. The number of rotatable bonds is 2. The van der Waals surface area contributed by atoms with Gasteiger partial charge >= 0.3 is 5.97 Å². The minimum absolute atomic E-state index is 0.288. The SMILES string of the molecule is Cn1c(-c2cc(Cl)ccc2Cl)ccc(C(=O)O)c1=O. The summed E-state index contributed by atoms with van der Waals surface area (Å²) in [5.41, 5.74) is 0.193. The minimum atomic E-state index is -1.26. The van der Waals surface area contributed by atoms with Crippen molar-refractivity contribution < 1.29 is 9.90 Å². The van der Waals surface area contributed by atoms with E-state index in [1.54, 1.807) is 18.2 Å². The standard InChI is InChI=1S/C13H9Cl2NO3/c1-16-11(5-3-8(12(16)17)13(18)19)9-6-7(14)2-4-10(9)15/h2-6H,1H3,(H,18,19). The molecule has 0 atom stereocenters. The summed E-state index contributed by atoms with van der Waals surface area (Å²) in [5.74, 6) is -1.26. The second kappa shape index (κ2) is 5.07. The molecule has 98 valence electrons. The zero-order chi connectivity index (χ0) is 14.2. The first-order valence-corrected chi connectivity index (χ1v) is 6.06. The van der Waals surface area contributed by atoms with Gasteiger partial charge in [-0.3, -0.25) is 4.79 Å². The van der Waals surface area contributed by atoms with Gasteiger partial charge in [-0.25, -0.2) is 4.79 Å². The highest BCUT2D eigenvalue weighted by molar-refractivity contribution is 6.35. The molecule has 0 saturated heterocycles. The van der Waals surface area contributed by atoms with E-state index in [1.165, 1.54) is 23.7 Å². The molecule has 6 heteroatoms. The summed E-state index contributed by atoms with van der Waals surface area (Å²) in [7, 11) is 1.49. The van der Waals surface area contributed by atoms with E-state index in [0.717, 1.165) is 0 Å². The van der Waals surface area contributed by atoms with Gasteiger partial charge < -0.3 is 9.67 Å². The molecule has 0 radical (unpaired) electrons. The van der Waals surface area contributed by atoms with E-state index in [-0.39, 0.29) is 5.56 Å². The smallest absolute Gasteiger partial charge is 0.341 e. The monoisotopic (exact) mass is 297 g/mol. The molecule has 1 aromatic carbocycles. The Labute approximate surface area is 118 Å². The van der Waals surface area contributed by atoms with Crippen LogP contribution in [0, 0.1) is 0 Å². The predicted molar refractivity (Wildman–Crippen MR) is 74.1 cm³/mol. The van der Waals surface area contributed by atoms with Gasteiger partial charge in [0.2, 0.25) is 0 Å². The van der Waals surface area contributed by atoms with E-state index < -0.39 is 11.5 Å². The van der Waals surface area contributed by atoms with Crippen molar-refractivity contribution in [1.29, 1.82) is 0 Å². The van der Waals surface area contributed by atoms with Gasteiger partial charge in [0, 0.05) is 22.7 Å². The maximum Gasteiger partial charge on any atom is 0.341 e. The molecule has 0 saturated carbocycles. The first kappa shape index (κ1) is 13.6. The van der Waals surface area contributed by atoms with E-state index in [4.69, 9.17) is 28.3 Å². The van der Waals surface area contributed by atoms with E-state index in [2.05, 4.69) is 0 Å². The topological polar surface area (TPSA) is 59.3 Å². The van der Waals surface area contributed by atoms with Crippen molar-refractivity contribution in [2.45, 2.75) is 0 Å². The third-order valence-electron chi connectivity index (χ3n) is 2.74. The Morgan fingerprint density at radius 3 is 2.53 bits per heavy atom. The molecule has 0 spiro atoms. The van der Waals surface area contributed by atoms with Crippen molar-refractivity contribution in [2.75, 3.05) is 0 Å². The number of aromatic carboxylic acids is 1. The van der Waals surface area contributed by atoms with E-state index >= 15 is 0 Å². The van der Waals surface area contributed by atoms with Crippen LogP contribution in [0.3, 0.4) is 0 Å². The average Bonchev–Trinajstić information content (AvgIpc) is 2.35. The lowest BCUT2D eigenvalue weighted by molar-refractivity contribution is 0.0694. The highest BCUT2D eigenvalue weighted by Gasteiger charge is 2.14. The van der Waals surface area contributed by atoms with Gasteiger partial charge in [0.15, 0.2) is 0 Å². The number of aromatic nitrogens is 1. The van der Waals surface area contributed by atoms with Crippen molar-refractivity contribution in [3.05, 3.63) is 56.3 Å². The molecule has 0 aliphatic carbocycles. The Hall–Kier alpha value is -1.78. The van der Waals surface area contributed by atoms with Crippen molar-refractivity contribution in [3.63, 3.8) is 0 Å². The maximum atomic E-state index is 11.9. The van der Waals surface area contributed by atoms with Crippen LogP contribution >= 0.6 is 23.2 Å². The quantitative estimate of drug-likeness (QED) is 0.927. The van der Waals surface area contributed by atoms with Gasteiger partial charge in [-0.05, 0) is 30.3 Å². The van der Waals surface area contributed by atoms with Crippen molar-refractivity contribution in [3.8, 4) is 11.3 Å². The molecule has 0 unspecified atom stereocenters. The summed E-state index contributed by atoms with van der Waals surface area (Å²) in [6.07, 6.45) is 0. The number of halogens is 2. The lowest BCUT2D eigenvalue weighted by Crippen LogP contribution is -2.25. The Morgan fingerprint density at radius 1 is 1.21 bits per heavy atom. The maximum absolute atomic E-state index is 11.9. The molecule has 0 bridgehead atoms. The van der Waals surface area contributed by atoms with Crippen LogP contribution in [0.5, 0.6) is 0 Å². The number of benzene rings is 1. The highest BCUT2D eigenvalue weighted by Crippen LogP contribution is 2.29. The molecule has 4 nitrogen and oxygen atoms in total. The summed E-state index contributed by atoms with van der Waals surface area (Å²) < 4.78 is 1.24. The number of carboxylic acids is 1. The Balaban J connectivity index is 2.71. The van der Waals surface area contributed by atoms with Gasteiger partial charge in [0.1, 0.15) is 5.56 Å². The largest absolute Gasteiger partial charge is 0.477 e. The molecular weight excluding hydrogens is 289 g/mol. The van der Waals surface area contributed by atoms with Crippen LogP contribution in [0.1, 0.15) is 10.4 Å². The normalized spacial score (nSPS) is 10.5. The minimum Gasteiger partial charge on any atom is -0.477 e. The molecule has 0 aliphatic heterocycles.